The van der Waals surface area contributed by atoms with Crippen LogP contribution >= 0.6 is 37.0 Å². The summed E-state index contributed by atoms with van der Waals surface area (Å²) in [5, 5.41) is 91.7. The Balaban J connectivity index is 1.97. The number of fused-ring (bicyclic) bond motifs is 1. The number of carboxylic acids is 2. The van der Waals surface area contributed by atoms with Crippen LogP contribution in [0.25, 0.3) is 10.9 Å². The van der Waals surface area contributed by atoms with Crippen LogP contribution in [-0.2, 0) is 107 Å². The number of hydrogen-bond acceptors (Lipinski definition) is 30. The maximum atomic E-state index is 15.0. The normalized spacial score (nSPS) is 16.7. The quantitative estimate of drug-likeness (QED) is 0.0216. The molecule has 1 aliphatic rings. The van der Waals surface area contributed by atoms with Gasteiger partial charge in [-0.2, -0.15) is 37.0 Å². The predicted molar refractivity (Wildman–Crippen MR) is 528 cm³/mol. The van der Waals surface area contributed by atoms with Crippen molar-refractivity contribution in [3.8, 4) is 0 Å². The van der Waals surface area contributed by atoms with Crippen molar-refractivity contribution in [1.29, 1.82) is 0 Å². The number of benzene rings is 1. The van der Waals surface area contributed by atoms with E-state index in [1.807, 2.05) is 6.92 Å². The number of thiol groups is 2. The number of para-hydroxylation sites is 1. The van der Waals surface area contributed by atoms with Crippen LogP contribution in [0.4, 0.5) is 0 Å². The summed E-state index contributed by atoms with van der Waals surface area (Å²) in [6.07, 6.45) is -2.45. The first kappa shape index (κ1) is 125. The highest BCUT2D eigenvalue weighted by molar-refractivity contribution is 7.98. The number of H-pyrrole nitrogens is 1. The molecule has 1 fully saturated rings. The van der Waals surface area contributed by atoms with Crippen molar-refractivity contribution in [2.24, 2.45) is 52.3 Å². The minimum atomic E-state index is -2.03. The zero-order valence-corrected chi connectivity index (χ0v) is 84.8. The molecule has 32 N–H and O–H groups in total. The monoisotopic (exact) mass is 2060 g/mol. The number of likely N-dealkylation sites (tertiary alicyclic amines) is 1. The largest absolute Gasteiger partial charge is 0.481 e. The van der Waals surface area contributed by atoms with E-state index in [9.17, 15) is 121 Å². The maximum absolute atomic E-state index is 15.0. The van der Waals surface area contributed by atoms with Gasteiger partial charge in [-0.1, -0.05) is 86.4 Å². The Bertz CT molecular complexity index is 4590. The van der Waals surface area contributed by atoms with Crippen LogP contribution < -0.4 is 114 Å². The number of carboxylic acid groups (broad SMARTS) is 2. The summed E-state index contributed by atoms with van der Waals surface area (Å²) >= 11 is 9.78. The first-order chi connectivity index (χ1) is 67.0. The number of carbonyl (C=O) groups is 21. The maximum Gasteiger partial charge on any atom is 0.328 e. The zero-order valence-electron chi connectivity index (χ0n) is 82.2. The lowest BCUT2D eigenvalue weighted by molar-refractivity contribution is -0.145. The summed E-state index contributed by atoms with van der Waals surface area (Å²) in [7, 11) is 0. The molecule has 1 saturated heterocycles. The van der Waals surface area contributed by atoms with Crippen molar-refractivity contribution < 1.29 is 126 Å². The van der Waals surface area contributed by atoms with Crippen LogP contribution in [0.2, 0.25) is 0 Å². The number of nitrogens with zero attached hydrogens (tertiary/aromatic N) is 1. The Morgan fingerprint density at radius 1 is 0.472 bits per heavy atom. The molecule has 1 aromatic carbocycles. The molecule has 1 aromatic heterocycles. The second-order valence-corrected chi connectivity index (χ2v) is 37.8. The molecular formula is C90H149N23O26S3. The Morgan fingerprint density at radius 3 is 1.33 bits per heavy atom. The van der Waals surface area contributed by atoms with E-state index in [0.717, 1.165) is 18.7 Å². The number of hydrogen-bond donors (Lipinski definition) is 29. The average Bonchev–Trinajstić information content (AvgIpc) is 1.64. The highest BCUT2D eigenvalue weighted by atomic mass is 32.2. The molecule has 1 aliphatic heterocycles. The minimum absolute atomic E-state index is 0.00463. The van der Waals surface area contributed by atoms with E-state index in [0.29, 0.717) is 29.3 Å². The van der Waals surface area contributed by atoms with Gasteiger partial charge in [0.25, 0.3) is 0 Å². The molecule has 798 valence electrons. The van der Waals surface area contributed by atoms with Gasteiger partial charge < -0.3 is 149 Å². The van der Waals surface area contributed by atoms with Crippen LogP contribution in [0.1, 0.15) is 190 Å². The fourth-order valence-electron chi connectivity index (χ4n) is 15.0. The molecule has 21 atom stereocenters. The first-order valence-electron chi connectivity index (χ1n) is 47.5. The van der Waals surface area contributed by atoms with Gasteiger partial charge in [0.05, 0.1) is 37.8 Å². The summed E-state index contributed by atoms with van der Waals surface area (Å²) in [6, 6.07) is -20.2. The van der Waals surface area contributed by atoms with Gasteiger partial charge in [0, 0.05) is 54.4 Å². The molecule has 0 spiro atoms. The fraction of sp³-hybridized carbons (Fsp3) is 0.678. The van der Waals surface area contributed by atoms with E-state index in [1.165, 1.54) is 11.8 Å². The van der Waals surface area contributed by atoms with Gasteiger partial charge in [0.1, 0.15) is 90.6 Å². The van der Waals surface area contributed by atoms with Crippen LogP contribution in [-0.4, -0.2) is 331 Å². The predicted octanol–water partition coefficient (Wildman–Crippen LogP) is -6.68. The topological polar surface area (TPSA) is 801 Å². The standard InChI is InChI=1S/C90H149N23O26S3/c1-12-46(7)70(95)86(134)97-40-68(119)98-62(41-114)89(137)113-33-20-25-65(113)85(133)108-63(42-140)83(131)99-53(23-16-18-31-91)75(123)106-60(37-50-39-96-52-22-15-14-21-51(50)52)80(128)107-61(38-69(120)121)81(129)104-58(35-44(3)4)79(127)105-59(36-45(5)6)82(130)111-72(48(9)115)88(136)103-54(24-17-19-32-92)74(122)100-55(26-28-66(93)117)76(124)102-57(30-34-142-11)78(126)110-71(47(8)13-2)87(135)109-64(43-141)84(132)101-56(27-29-67(94)118)77(125)112-73(49(10)116)90(138)139/h14-15,21-22,39,44-49,53-65,70-73,96,114-116,140-141H,12-13,16-20,23-38,40-43,91-92,95H2,1-11H3,(H2,93,117)(H2,94,118)(H,97,134)(H,98,119)(H,99,131)(H,100,122)(H,101,132)(H,102,124)(H,103,136)(H,104,129)(H,105,127)(H,106,123)(H,107,128)(H,108,133)(H,109,135)(H,110,126)(H,111,130)(H,112,125)(H,120,121)(H,138,139)/t46-,47-,48+,49+,53-,54-,55-,56-,57-,58-,59-,60-,61-,62-,63-,64-,65-,70-,71-,72-,73-/m0/s1. The minimum Gasteiger partial charge on any atom is -0.481 e. The number of aliphatic hydroxyl groups excluding tert-OH is 3. The van der Waals surface area contributed by atoms with Gasteiger partial charge in [-0.15, -0.1) is 0 Å². The number of aliphatic carboxylic acids is 2. The molecule has 2 heterocycles. The molecule has 52 heteroatoms. The van der Waals surface area contributed by atoms with Gasteiger partial charge in [-0.25, -0.2) is 4.79 Å². The van der Waals surface area contributed by atoms with Crippen LogP contribution in [0.3, 0.4) is 0 Å². The van der Waals surface area contributed by atoms with Gasteiger partial charge in [0.15, 0.2) is 6.04 Å². The third-order valence-corrected chi connectivity index (χ3v) is 25.0. The van der Waals surface area contributed by atoms with E-state index in [4.69, 9.17) is 28.7 Å². The lowest BCUT2D eigenvalue weighted by Gasteiger charge is -2.30. The van der Waals surface area contributed by atoms with Crippen molar-refractivity contribution >= 4 is 172 Å². The lowest BCUT2D eigenvalue weighted by atomic mass is 9.97. The summed E-state index contributed by atoms with van der Waals surface area (Å²) in [6.45, 7) is 14.4. The van der Waals surface area contributed by atoms with Crippen molar-refractivity contribution in [3.05, 3.63) is 36.0 Å². The third-order valence-electron chi connectivity index (χ3n) is 23.6. The second-order valence-electron chi connectivity index (χ2n) is 36.1. The average molecular weight is 2070 g/mol. The summed E-state index contributed by atoms with van der Waals surface area (Å²) < 4.78 is 0. The number of nitrogens with one attached hydrogen (secondary N) is 17. The molecule has 49 nitrogen and oxygen atoms in total. The summed E-state index contributed by atoms with van der Waals surface area (Å²) in [5.41, 5.74) is 29.6. The molecule has 0 aliphatic carbocycles. The van der Waals surface area contributed by atoms with Gasteiger partial charge >= 0.3 is 11.9 Å². The molecular weight excluding hydrogens is 1920 g/mol. The molecule has 0 saturated carbocycles. The zero-order chi connectivity index (χ0) is 107. The highest BCUT2D eigenvalue weighted by Crippen LogP contribution is 2.24. The molecule has 0 bridgehead atoms. The number of thioether (sulfide) groups is 1. The Labute approximate surface area is 839 Å². The number of carbonyl (C=O) groups excluding carboxylic acids is 19. The molecule has 142 heavy (non-hydrogen) atoms. The van der Waals surface area contributed by atoms with E-state index in [-0.39, 0.29) is 114 Å². The molecule has 2 aromatic rings. The Morgan fingerprint density at radius 2 is 0.873 bits per heavy atom. The Hall–Kier alpha value is -11.6. The number of unbranched alkanes of at least 4 members (excludes halogenated alkanes) is 2. The first-order valence-corrected chi connectivity index (χ1v) is 50.1. The van der Waals surface area contributed by atoms with E-state index >= 15 is 4.79 Å². The van der Waals surface area contributed by atoms with E-state index in [2.05, 4.69) is 115 Å². The number of aromatic amines is 1. The Kier molecular flexibility index (Phi) is 56.3. The molecule has 0 unspecified atom stereocenters. The summed E-state index contributed by atoms with van der Waals surface area (Å²) in [4.78, 5) is 295. The molecule has 0 radical (unpaired) electrons. The number of aromatic nitrogens is 1. The van der Waals surface area contributed by atoms with E-state index in [1.54, 1.807) is 85.2 Å². The molecule has 3 rings (SSSR count). The molecule has 19 amide bonds. The number of nitrogens with two attached hydrogens (primary N) is 5. The smallest absolute Gasteiger partial charge is 0.328 e. The van der Waals surface area contributed by atoms with Crippen molar-refractivity contribution in [3.63, 3.8) is 0 Å². The van der Waals surface area contributed by atoms with Crippen LogP contribution in [0.15, 0.2) is 30.5 Å². The fourth-order valence-corrected chi connectivity index (χ4v) is 16.0. The van der Waals surface area contributed by atoms with Gasteiger partial charge in [-0.3, -0.25) is 95.9 Å². The lowest BCUT2D eigenvalue weighted by Crippen LogP contribution is -2.62. The summed E-state index contributed by atoms with van der Waals surface area (Å²) in [5.74, 6) is -24.6. The van der Waals surface area contributed by atoms with Gasteiger partial charge in [0.2, 0.25) is 112 Å². The second kappa shape index (κ2) is 64.2. The van der Waals surface area contributed by atoms with Crippen molar-refractivity contribution in [1.82, 2.24) is 95.0 Å². The number of amides is 19. The highest BCUT2D eigenvalue weighted by Gasteiger charge is 2.44. The van der Waals surface area contributed by atoms with E-state index < -0.39 is 308 Å². The van der Waals surface area contributed by atoms with Crippen LogP contribution in [0, 0.1) is 23.7 Å². The van der Waals surface area contributed by atoms with Crippen molar-refractivity contribution in [2.45, 2.75) is 306 Å². The third kappa shape index (κ3) is 42.5. The van der Waals surface area contributed by atoms with Crippen LogP contribution in [0.5, 0.6) is 0 Å². The van der Waals surface area contributed by atoms with Crippen molar-refractivity contribution in [2.75, 3.05) is 56.3 Å². The number of primary amides is 2. The SMILES string of the molecule is CC[C@H](C)[C@H](N)C(=O)NCC(=O)N[C@@H](CO)C(=O)N1CCC[C@H]1C(=O)N[C@@H](CS)C(=O)N[C@@H](CCCCN)C(=O)N[C@@H](Cc1c[nH]c2ccccc12)C(=O)N[C@@H](CC(=O)O)C(=O)N[C@@H](CC(C)C)C(=O)N[C@@H](CC(C)C)C(=O)N[C@H](C(=O)N[C@@H](CCCCN)C(=O)N[C@@H](CCC(N)=O)C(=O)N[C@@H](CCSC)C(=O)N[C@H](C(=O)N[C@@H](CS)C(=O)N[C@@H](CCC(N)=O)C(=O)N[C@H](C(=O)O)[C@@H](C)O)[C@@H](C)CC)[C@@H](C)O. The van der Waals surface area contributed by atoms with Gasteiger partial charge in [-0.05, 0) is 158 Å². The number of rotatable bonds is 68. The number of aliphatic hydroxyl groups is 3.